The van der Waals surface area contributed by atoms with Gasteiger partial charge in [0.15, 0.2) is 5.69 Å². The van der Waals surface area contributed by atoms with Gasteiger partial charge in [0.25, 0.3) is 5.91 Å². The Bertz CT molecular complexity index is 708. The molecule has 0 aliphatic carbocycles. The number of nitrogens with zero attached hydrogens (tertiary/aromatic N) is 4. The minimum absolute atomic E-state index is 0.0991. The van der Waals surface area contributed by atoms with Gasteiger partial charge in [-0.1, -0.05) is 35.3 Å². The van der Waals surface area contributed by atoms with Crippen molar-refractivity contribution >= 4 is 29.1 Å². The van der Waals surface area contributed by atoms with Crippen LogP contribution >= 0.6 is 23.2 Å². The molecule has 0 N–H and O–H groups in total. The number of carbonyl (C=O) groups is 1. The van der Waals surface area contributed by atoms with E-state index >= 15 is 0 Å². The van der Waals surface area contributed by atoms with Crippen molar-refractivity contribution in [3.8, 4) is 0 Å². The van der Waals surface area contributed by atoms with Crippen LogP contribution < -0.4 is 0 Å². The molecule has 0 radical (unpaired) electrons. The lowest BCUT2D eigenvalue weighted by molar-refractivity contribution is 0.0622. The van der Waals surface area contributed by atoms with Crippen molar-refractivity contribution in [3.63, 3.8) is 0 Å². The van der Waals surface area contributed by atoms with E-state index < -0.39 is 0 Å². The number of rotatable bonds is 3. The van der Waals surface area contributed by atoms with Crippen LogP contribution in [0.25, 0.3) is 0 Å². The first kappa shape index (κ1) is 16.3. The number of piperazine rings is 1. The second-order valence-electron chi connectivity index (χ2n) is 5.70. The van der Waals surface area contributed by atoms with Gasteiger partial charge in [-0.15, -0.1) is 0 Å². The van der Waals surface area contributed by atoms with Gasteiger partial charge in [-0.2, -0.15) is 5.10 Å². The average Bonchev–Trinajstić information content (AvgIpc) is 2.86. The minimum Gasteiger partial charge on any atom is -0.335 e. The first-order valence-corrected chi connectivity index (χ1v) is 8.24. The standard InChI is InChI=1S/C16H18Cl2N4O/c1-20-11-14(18)15(19-20)16(23)22-7-5-21(6-8-22)10-12-3-2-4-13(17)9-12/h2-4,9,11H,5-8,10H2,1H3. The quantitative estimate of drug-likeness (QED) is 0.852. The Balaban J connectivity index is 1.58. The molecule has 23 heavy (non-hydrogen) atoms. The van der Waals surface area contributed by atoms with Crippen molar-refractivity contribution in [1.29, 1.82) is 0 Å². The number of hydrogen-bond donors (Lipinski definition) is 0. The molecule has 1 aliphatic rings. The van der Waals surface area contributed by atoms with Crippen LogP contribution in [0.3, 0.4) is 0 Å². The molecule has 1 amide bonds. The van der Waals surface area contributed by atoms with E-state index in [-0.39, 0.29) is 5.91 Å². The number of amides is 1. The maximum absolute atomic E-state index is 12.5. The lowest BCUT2D eigenvalue weighted by atomic mass is 10.2. The predicted molar refractivity (Wildman–Crippen MR) is 90.9 cm³/mol. The number of aromatic nitrogens is 2. The molecule has 2 heterocycles. The lowest BCUT2D eigenvalue weighted by Crippen LogP contribution is -2.48. The topological polar surface area (TPSA) is 41.4 Å². The molecule has 1 aromatic heterocycles. The van der Waals surface area contributed by atoms with Crippen LogP contribution in [0.2, 0.25) is 10.0 Å². The van der Waals surface area contributed by atoms with Crippen molar-refractivity contribution in [2.45, 2.75) is 6.54 Å². The second kappa shape index (κ2) is 6.91. The summed E-state index contributed by atoms with van der Waals surface area (Å²) in [6.45, 7) is 3.83. The highest BCUT2D eigenvalue weighted by Gasteiger charge is 2.25. The van der Waals surface area contributed by atoms with E-state index in [2.05, 4.69) is 16.1 Å². The van der Waals surface area contributed by atoms with Crippen molar-refractivity contribution in [1.82, 2.24) is 19.6 Å². The molecule has 0 atom stereocenters. The van der Waals surface area contributed by atoms with Crippen LogP contribution in [-0.4, -0.2) is 51.7 Å². The first-order valence-electron chi connectivity index (χ1n) is 7.48. The smallest absolute Gasteiger partial charge is 0.276 e. The van der Waals surface area contributed by atoms with Gasteiger partial charge in [-0.25, -0.2) is 0 Å². The largest absolute Gasteiger partial charge is 0.335 e. The van der Waals surface area contributed by atoms with Gasteiger partial charge in [0, 0.05) is 51.0 Å². The average molecular weight is 353 g/mol. The van der Waals surface area contributed by atoms with E-state index in [0.29, 0.717) is 23.8 Å². The molecular weight excluding hydrogens is 335 g/mol. The van der Waals surface area contributed by atoms with Gasteiger partial charge in [-0.05, 0) is 17.7 Å². The van der Waals surface area contributed by atoms with E-state index in [4.69, 9.17) is 23.2 Å². The summed E-state index contributed by atoms with van der Waals surface area (Å²) in [6.07, 6.45) is 1.64. The first-order chi connectivity index (χ1) is 11.0. The summed E-state index contributed by atoms with van der Waals surface area (Å²) < 4.78 is 1.56. The SMILES string of the molecule is Cn1cc(Cl)c(C(=O)N2CCN(Cc3cccc(Cl)c3)CC2)n1. The summed E-state index contributed by atoms with van der Waals surface area (Å²) in [7, 11) is 1.76. The Morgan fingerprint density at radius 1 is 1.22 bits per heavy atom. The third kappa shape index (κ3) is 3.86. The van der Waals surface area contributed by atoms with E-state index in [0.717, 1.165) is 24.7 Å². The zero-order valence-electron chi connectivity index (χ0n) is 12.9. The molecule has 0 bridgehead atoms. The number of benzene rings is 1. The maximum Gasteiger partial charge on any atom is 0.276 e. The van der Waals surface area contributed by atoms with Gasteiger partial charge in [0.1, 0.15) is 0 Å². The molecule has 5 nitrogen and oxygen atoms in total. The summed E-state index contributed by atoms with van der Waals surface area (Å²) in [5.74, 6) is -0.0991. The zero-order valence-corrected chi connectivity index (χ0v) is 14.4. The van der Waals surface area contributed by atoms with Gasteiger partial charge in [-0.3, -0.25) is 14.4 Å². The Morgan fingerprint density at radius 2 is 1.96 bits per heavy atom. The van der Waals surface area contributed by atoms with Crippen LogP contribution in [0, 0.1) is 0 Å². The molecule has 1 fully saturated rings. The number of hydrogen-bond acceptors (Lipinski definition) is 3. The van der Waals surface area contributed by atoms with Crippen LogP contribution in [0.5, 0.6) is 0 Å². The zero-order chi connectivity index (χ0) is 16.4. The highest BCUT2D eigenvalue weighted by molar-refractivity contribution is 6.33. The fourth-order valence-corrected chi connectivity index (χ4v) is 3.23. The Kier molecular flexibility index (Phi) is 4.90. The van der Waals surface area contributed by atoms with Gasteiger partial charge >= 0.3 is 0 Å². The van der Waals surface area contributed by atoms with E-state index in [1.54, 1.807) is 17.9 Å². The van der Waals surface area contributed by atoms with Crippen LogP contribution in [0.15, 0.2) is 30.5 Å². The molecule has 1 aromatic carbocycles. The molecule has 1 aliphatic heterocycles. The molecule has 3 rings (SSSR count). The third-order valence-electron chi connectivity index (χ3n) is 3.94. The van der Waals surface area contributed by atoms with Gasteiger partial charge in [0.2, 0.25) is 0 Å². The van der Waals surface area contributed by atoms with Crippen molar-refractivity contribution < 1.29 is 4.79 Å². The predicted octanol–water partition coefficient (Wildman–Crippen LogP) is 2.68. The monoisotopic (exact) mass is 352 g/mol. The van der Waals surface area contributed by atoms with Crippen molar-refractivity contribution in [3.05, 3.63) is 51.8 Å². The Hall–Kier alpha value is -1.56. The lowest BCUT2D eigenvalue weighted by Gasteiger charge is -2.34. The van der Waals surface area contributed by atoms with Gasteiger partial charge < -0.3 is 4.90 Å². The summed E-state index contributed by atoms with van der Waals surface area (Å²) in [6, 6.07) is 7.88. The van der Waals surface area contributed by atoms with Crippen LogP contribution in [0.4, 0.5) is 0 Å². The molecule has 0 spiro atoms. The number of halogens is 2. The molecule has 7 heteroatoms. The molecule has 0 unspecified atom stereocenters. The fourth-order valence-electron chi connectivity index (χ4n) is 2.76. The molecule has 1 saturated heterocycles. The number of carbonyl (C=O) groups excluding carboxylic acids is 1. The Morgan fingerprint density at radius 3 is 2.57 bits per heavy atom. The summed E-state index contributed by atoms with van der Waals surface area (Å²) in [5.41, 5.74) is 1.52. The highest BCUT2D eigenvalue weighted by Crippen LogP contribution is 2.18. The van der Waals surface area contributed by atoms with E-state index in [1.165, 1.54) is 5.56 Å². The summed E-state index contributed by atoms with van der Waals surface area (Å²) >= 11 is 12.1. The molecule has 0 saturated carbocycles. The fraction of sp³-hybridized carbons (Fsp3) is 0.375. The Labute approximate surface area is 145 Å². The van der Waals surface area contributed by atoms with Crippen LogP contribution in [0.1, 0.15) is 16.1 Å². The molecule has 2 aromatic rings. The van der Waals surface area contributed by atoms with Gasteiger partial charge in [0.05, 0.1) is 5.02 Å². The van der Waals surface area contributed by atoms with Crippen molar-refractivity contribution in [2.75, 3.05) is 26.2 Å². The van der Waals surface area contributed by atoms with Crippen molar-refractivity contribution in [2.24, 2.45) is 7.05 Å². The highest BCUT2D eigenvalue weighted by atomic mass is 35.5. The number of aryl methyl sites for hydroxylation is 1. The maximum atomic E-state index is 12.5. The van der Waals surface area contributed by atoms with E-state index in [1.807, 2.05) is 23.1 Å². The minimum atomic E-state index is -0.0991. The van der Waals surface area contributed by atoms with Crippen LogP contribution in [-0.2, 0) is 13.6 Å². The third-order valence-corrected chi connectivity index (χ3v) is 4.45. The summed E-state index contributed by atoms with van der Waals surface area (Å²) in [4.78, 5) is 16.6. The summed E-state index contributed by atoms with van der Waals surface area (Å²) in [5, 5.41) is 5.30. The molecular formula is C16H18Cl2N4O. The van der Waals surface area contributed by atoms with E-state index in [9.17, 15) is 4.79 Å². The molecule has 122 valence electrons. The normalized spacial score (nSPS) is 15.9. The second-order valence-corrected chi connectivity index (χ2v) is 6.54.